The zero-order valence-corrected chi connectivity index (χ0v) is 14.0. The first-order valence-electron chi connectivity index (χ1n) is 6.93. The van der Waals surface area contributed by atoms with E-state index in [4.69, 9.17) is 5.73 Å². The second kappa shape index (κ2) is 5.64. The minimum absolute atomic E-state index is 0.0147. The third-order valence-corrected chi connectivity index (χ3v) is 6.35. The van der Waals surface area contributed by atoms with Gasteiger partial charge in [-0.2, -0.15) is 0 Å². The highest BCUT2D eigenvalue weighted by atomic mass is 79.9. The van der Waals surface area contributed by atoms with Crippen LogP contribution in [0.3, 0.4) is 0 Å². The average Bonchev–Trinajstić information content (AvgIpc) is 2.62. The fraction of sp³-hybridized carbons (Fsp3) is 0.733. The van der Waals surface area contributed by atoms with Gasteiger partial charge in [-0.05, 0) is 58.0 Å². The van der Waals surface area contributed by atoms with Crippen LogP contribution in [0.4, 0.5) is 0 Å². The molecule has 0 spiro atoms. The van der Waals surface area contributed by atoms with Crippen molar-refractivity contribution in [3.05, 3.63) is 20.8 Å². The van der Waals surface area contributed by atoms with Crippen LogP contribution in [0.15, 0.2) is 15.9 Å². The molecule has 0 aromatic carbocycles. The van der Waals surface area contributed by atoms with Gasteiger partial charge in [-0.3, -0.25) is 0 Å². The largest absolute Gasteiger partial charge is 0.325 e. The van der Waals surface area contributed by atoms with Gasteiger partial charge >= 0.3 is 0 Å². The summed E-state index contributed by atoms with van der Waals surface area (Å²) in [5.41, 5.74) is 6.83. The molecular weight excluding hydrogens is 306 g/mol. The van der Waals surface area contributed by atoms with Crippen molar-refractivity contribution in [2.45, 2.75) is 52.0 Å². The van der Waals surface area contributed by atoms with Crippen LogP contribution >= 0.6 is 27.3 Å². The highest BCUT2D eigenvalue weighted by Gasteiger charge is 2.41. The molecule has 102 valence electrons. The van der Waals surface area contributed by atoms with E-state index in [9.17, 15) is 0 Å². The first kappa shape index (κ1) is 14.5. The molecular formula is C15H24BrNS. The fourth-order valence-electron chi connectivity index (χ4n) is 3.60. The number of halogens is 1. The Kier molecular flexibility index (Phi) is 4.56. The van der Waals surface area contributed by atoms with Crippen molar-refractivity contribution >= 4 is 27.3 Å². The Balaban J connectivity index is 2.21. The lowest BCUT2D eigenvalue weighted by molar-refractivity contribution is 0.110. The summed E-state index contributed by atoms with van der Waals surface area (Å²) >= 11 is 5.47. The van der Waals surface area contributed by atoms with Crippen LogP contribution < -0.4 is 5.73 Å². The maximum Gasteiger partial charge on any atom is 0.0315 e. The van der Waals surface area contributed by atoms with E-state index in [-0.39, 0.29) is 5.54 Å². The van der Waals surface area contributed by atoms with Gasteiger partial charge in [0, 0.05) is 21.3 Å². The van der Waals surface area contributed by atoms with Gasteiger partial charge in [-0.15, -0.1) is 11.3 Å². The Bertz CT molecular complexity index is 401. The summed E-state index contributed by atoms with van der Waals surface area (Å²) < 4.78 is 1.23. The van der Waals surface area contributed by atoms with Gasteiger partial charge in [0.2, 0.25) is 0 Å². The van der Waals surface area contributed by atoms with E-state index in [1.165, 1.54) is 28.6 Å². The summed E-state index contributed by atoms with van der Waals surface area (Å²) in [4.78, 5) is 1.41. The number of rotatable bonds is 3. The molecule has 1 fully saturated rings. The highest BCUT2D eigenvalue weighted by molar-refractivity contribution is 9.10. The summed E-state index contributed by atoms with van der Waals surface area (Å²) in [6.07, 6.45) is 4.82. The molecule has 1 aromatic heterocycles. The number of nitrogens with two attached hydrogens (primary N) is 1. The first-order valence-corrected chi connectivity index (χ1v) is 8.60. The van der Waals surface area contributed by atoms with Gasteiger partial charge in [0.15, 0.2) is 0 Å². The van der Waals surface area contributed by atoms with Gasteiger partial charge in [-0.1, -0.05) is 27.2 Å². The number of thiophene rings is 1. The van der Waals surface area contributed by atoms with E-state index >= 15 is 0 Å². The molecule has 1 saturated carbocycles. The van der Waals surface area contributed by atoms with Gasteiger partial charge in [-0.25, -0.2) is 0 Å². The lowest BCUT2D eigenvalue weighted by Gasteiger charge is -2.46. The third kappa shape index (κ3) is 3.00. The van der Waals surface area contributed by atoms with Gasteiger partial charge in [0.1, 0.15) is 0 Å². The minimum Gasteiger partial charge on any atom is -0.325 e. The van der Waals surface area contributed by atoms with Crippen molar-refractivity contribution in [1.29, 1.82) is 0 Å². The zero-order chi connectivity index (χ0) is 13.3. The lowest BCUT2D eigenvalue weighted by Crippen LogP contribution is -2.54. The molecule has 2 N–H and O–H groups in total. The molecule has 3 atom stereocenters. The van der Waals surface area contributed by atoms with Crippen molar-refractivity contribution < 1.29 is 0 Å². The Morgan fingerprint density at radius 3 is 2.78 bits per heavy atom. The molecule has 3 unspecified atom stereocenters. The van der Waals surface area contributed by atoms with E-state index in [0.29, 0.717) is 11.8 Å². The van der Waals surface area contributed by atoms with Gasteiger partial charge < -0.3 is 5.73 Å². The Morgan fingerprint density at radius 1 is 1.50 bits per heavy atom. The average molecular weight is 330 g/mol. The summed E-state index contributed by atoms with van der Waals surface area (Å²) in [7, 11) is 0. The smallest absolute Gasteiger partial charge is 0.0315 e. The monoisotopic (exact) mass is 329 g/mol. The summed E-state index contributed by atoms with van der Waals surface area (Å²) in [6, 6.07) is 2.14. The van der Waals surface area contributed by atoms with Crippen molar-refractivity contribution in [3.63, 3.8) is 0 Å². The van der Waals surface area contributed by atoms with Crippen molar-refractivity contribution in [2.75, 3.05) is 0 Å². The second-order valence-electron chi connectivity index (χ2n) is 6.34. The Labute approximate surface area is 123 Å². The lowest BCUT2D eigenvalue weighted by atomic mass is 9.64. The van der Waals surface area contributed by atoms with Crippen LogP contribution in [0.1, 0.15) is 44.9 Å². The zero-order valence-electron chi connectivity index (χ0n) is 11.6. The van der Waals surface area contributed by atoms with E-state index in [2.05, 4.69) is 48.1 Å². The third-order valence-electron chi connectivity index (χ3n) is 4.42. The van der Waals surface area contributed by atoms with Gasteiger partial charge in [0.25, 0.3) is 0 Å². The molecule has 18 heavy (non-hydrogen) atoms. The Morgan fingerprint density at radius 2 is 2.22 bits per heavy atom. The molecule has 0 saturated heterocycles. The number of hydrogen-bond acceptors (Lipinski definition) is 2. The SMILES string of the molecule is CC1CCC(C(C)C)C(N)(Cc2sccc2Br)C1. The van der Waals surface area contributed by atoms with Crippen LogP contribution in [-0.4, -0.2) is 5.54 Å². The molecule has 0 radical (unpaired) electrons. The highest BCUT2D eigenvalue weighted by Crippen LogP contribution is 2.42. The summed E-state index contributed by atoms with van der Waals surface area (Å²) in [5.74, 6) is 2.10. The topological polar surface area (TPSA) is 26.0 Å². The second-order valence-corrected chi connectivity index (χ2v) is 8.19. The molecule has 0 bridgehead atoms. The van der Waals surface area contributed by atoms with Crippen LogP contribution in [0.2, 0.25) is 0 Å². The predicted octanol–water partition coefficient (Wildman–Crippen LogP) is 4.84. The van der Waals surface area contributed by atoms with Crippen LogP contribution in [0.5, 0.6) is 0 Å². The standard InChI is InChI=1S/C15H24BrNS/c1-10(2)12-5-4-11(3)8-15(12,17)9-14-13(16)6-7-18-14/h6-7,10-12H,4-5,8-9,17H2,1-3H3. The maximum absolute atomic E-state index is 6.84. The molecule has 1 nitrogen and oxygen atoms in total. The van der Waals surface area contributed by atoms with E-state index < -0.39 is 0 Å². The van der Waals surface area contributed by atoms with Crippen LogP contribution in [0.25, 0.3) is 0 Å². The fourth-order valence-corrected chi connectivity index (χ4v) is 5.23. The molecule has 2 rings (SSSR count). The van der Waals surface area contributed by atoms with E-state index in [0.717, 1.165) is 12.3 Å². The quantitative estimate of drug-likeness (QED) is 0.843. The van der Waals surface area contributed by atoms with Crippen molar-refractivity contribution in [1.82, 2.24) is 0 Å². The normalized spacial score (nSPS) is 33.0. The Hall–Kier alpha value is 0.140. The molecule has 0 amide bonds. The molecule has 3 heteroatoms. The molecule has 1 heterocycles. The molecule has 1 aromatic rings. The predicted molar refractivity (Wildman–Crippen MR) is 84.0 cm³/mol. The van der Waals surface area contributed by atoms with Gasteiger partial charge in [0.05, 0.1) is 0 Å². The summed E-state index contributed by atoms with van der Waals surface area (Å²) in [5, 5.41) is 2.15. The maximum atomic E-state index is 6.84. The van der Waals surface area contributed by atoms with Crippen molar-refractivity contribution in [2.24, 2.45) is 23.5 Å². The van der Waals surface area contributed by atoms with Crippen LogP contribution in [-0.2, 0) is 6.42 Å². The van der Waals surface area contributed by atoms with Crippen LogP contribution in [0, 0.1) is 17.8 Å². The summed E-state index contributed by atoms with van der Waals surface area (Å²) in [6.45, 7) is 7.00. The minimum atomic E-state index is -0.0147. The molecule has 0 aliphatic heterocycles. The van der Waals surface area contributed by atoms with E-state index in [1.807, 2.05) is 11.3 Å². The number of hydrogen-bond donors (Lipinski definition) is 1. The van der Waals surface area contributed by atoms with Crippen molar-refractivity contribution in [3.8, 4) is 0 Å². The molecule has 1 aliphatic carbocycles. The molecule has 1 aliphatic rings. The van der Waals surface area contributed by atoms with E-state index in [1.54, 1.807) is 0 Å². The first-order chi connectivity index (χ1) is 8.42.